The maximum Gasteiger partial charge on any atom is 0.252 e. The predicted octanol–water partition coefficient (Wildman–Crippen LogP) is 1.35. The summed E-state index contributed by atoms with van der Waals surface area (Å²) in [5.74, 6) is 0.259. The van der Waals surface area contributed by atoms with Crippen molar-refractivity contribution < 1.29 is 14.3 Å². The fraction of sp³-hybridized carbons (Fsp3) is 0.143. The Kier molecular flexibility index (Phi) is 4.05. The lowest BCUT2D eigenvalue weighted by Gasteiger charge is -2.10. The van der Waals surface area contributed by atoms with Gasteiger partial charge in [0, 0.05) is 17.8 Å². The van der Waals surface area contributed by atoms with Crippen LogP contribution in [-0.4, -0.2) is 18.0 Å². The lowest BCUT2D eigenvalue weighted by atomic mass is 10.1. The van der Waals surface area contributed by atoms with Crippen LogP contribution in [0.15, 0.2) is 36.4 Å². The van der Waals surface area contributed by atoms with Crippen LogP contribution < -0.4 is 20.9 Å². The molecule has 0 aliphatic carbocycles. The van der Waals surface area contributed by atoms with Crippen LogP contribution in [0.1, 0.15) is 16.1 Å². The highest BCUT2D eigenvalue weighted by Crippen LogP contribution is 2.22. The molecule has 6 heteroatoms. The minimum atomic E-state index is -0.571. The van der Waals surface area contributed by atoms with E-state index in [0.717, 1.165) is 0 Å². The van der Waals surface area contributed by atoms with E-state index in [9.17, 15) is 4.79 Å². The van der Waals surface area contributed by atoms with Gasteiger partial charge in [-0.2, -0.15) is 0 Å². The van der Waals surface area contributed by atoms with E-state index in [1.807, 2.05) is 0 Å². The van der Waals surface area contributed by atoms with E-state index in [4.69, 9.17) is 20.9 Å². The molecule has 1 aromatic carbocycles. The third-order valence-electron chi connectivity index (χ3n) is 2.64. The summed E-state index contributed by atoms with van der Waals surface area (Å²) >= 11 is 0. The molecule has 0 atom stereocenters. The Bertz CT molecular complexity index is 629. The number of hydrogen-bond acceptors (Lipinski definition) is 5. The van der Waals surface area contributed by atoms with Crippen molar-refractivity contribution in [1.82, 2.24) is 4.98 Å². The van der Waals surface area contributed by atoms with Gasteiger partial charge in [-0.1, -0.05) is 6.07 Å². The number of anilines is 1. The third kappa shape index (κ3) is 3.17. The van der Waals surface area contributed by atoms with Gasteiger partial charge in [0.15, 0.2) is 0 Å². The zero-order chi connectivity index (χ0) is 14.5. The van der Waals surface area contributed by atoms with Crippen molar-refractivity contribution in [3.05, 3.63) is 47.7 Å². The summed E-state index contributed by atoms with van der Waals surface area (Å²) in [7, 11) is 1.54. The molecule has 1 amide bonds. The minimum Gasteiger partial charge on any atom is -0.486 e. The Balaban J connectivity index is 2.17. The number of primary amides is 1. The highest BCUT2D eigenvalue weighted by Gasteiger charge is 2.10. The fourth-order valence-corrected chi connectivity index (χ4v) is 1.67. The molecule has 0 radical (unpaired) electrons. The molecule has 104 valence electrons. The van der Waals surface area contributed by atoms with E-state index < -0.39 is 5.91 Å². The number of pyridine rings is 1. The molecule has 6 nitrogen and oxygen atoms in total. The zero-order valence-electron chi connectivity index (χ0n) is 11.0. The summed E-state index contributed by atoms with van der Waals surface area (Å²) in [5, 5.41) is 0. The first-order valence-corrected chi connectivity index (χ1v) is 5.92. The van der Waals surface area contributed by atoms with Gasteiger partial charge in [0.1, 0.15) is 12.4 Å². The van der Waals surface area contributed by atoms with Crippen LogP contribution >= 0.6 is 0 Å². The minimum absolute atomic E-state index is 0.181. The van der Waals surface area contributed by atoms with E-state index in [1.54, 1.807) is 30.3 Å². The van der Waals surface area contributed by atoms with Crippen molar-refractivity contribution in [2.24, 2.45) is 5.73 Å². The van der Waals surface area contributed by atoms with E-state index in [-0.39, 0.29) is 12.2 Å². The molecule has 0 bridgehead atoms. The van der Waals surface area contributed by atoms with Crippen molar-refractivity contribution in [3.63, 3.8) is 0 Å². The first kappa shape index (κ1) is 13.7. The zero-order valence-corrected chi connectivity index (χ0v) is 11.0. The predicted molar refractivity (Wildman–Crippen MR) is 74.5 cm³/mol. The van der Waals surface area contributed by atoms with Gasteiger partial charge >= 0.3 is 0 Å². The van der Waals surface area contributed by atoms with Gasteiger partial charge in [-0.15, -0.1) is 0 Å². The van der Waals surface area contributed by atoms with Crippen LogP contribution in [0.5, 0.6) is 11.6 Å². The summed E-state index contributed by atoms with van der Waals surface area (Å²) < 4.78 is 10.6. The van der Waals surface area contributed by atoms with Crippen LogP contribution in [0.25, 0.3) is 0 Å². The highest BCUT2D eigenvalue weighted by molar-refractivity contribution is 5.96. The fourth-order valence-electron chi connectivity index (χ4n) is 1.67. The van der Waals surface area contributed by atoms with Gasteiger partial charge in [0.2, 0.25) is 5.88 Å². The second-order valence-electron chi connectivity index (χ2n) is 4.08. The third-order valence-corrected chi connectivity index (χ3v) is 2.64. The van der Waals surface area contributed by atoms with Gasteiger partial charge in [0.05, 0.1) is 18.4 Å². The number of rotatable bonds is 5. The number of nitrogens with two attached hydrogens (primary N) is 2. The average Bonchev–Trinajstić information content (AvgIpc) is 2.45. The SMILES string of the molecule is COc1cccc(COc2cc(N)ccc2C(N)=O)n1. The molecule has 0 aliphatic rings. The molecule has 2 aromatic rings. The van der Waals surface area contributed by atoms with Crippen molar-refractivity contribution >= 4 is 11.6 Å². The maximum atomic E-state index is 11.3. The highest BCUT2D eigenvalue weighted by atomic mass is 16.5. The summed E-state index contributed by atoms with van der Waals surface area (Å²) in [5.41, 5.74) is 12.4. The molecule has 0 saturated carbocycles. The number of carbonyl (C=O) groups is 1. The van der Waals surface area contributed by atoms with E-state index in [0.29, 0.717) is 23.0 Å². The number of amides is 1. The molecular weight excluding hydrogens is 258 g/mol. The molecule has 0 spiro atoms. The Hall–Kier alpha value is -2.76. The van der Waals surface area contributed by atoms with Crippen LogP contribution in [0, 0.1) is 0 Å². The van der Waals surface area contributed by atoms with Crippen LogP contribution in [0.3, 0.4) is 0 Å². The summed E-state index contributed by atoms with van der Waals surface area (Å²) in [4.78, 5) is 15.5. The van der Waals surface area contributed by atoms with Crippen molar-refractivity contribution in [3.8, 4) is 11.6 Å². The van der Waals surface area contributed by atoms with Crippen LogP contribution in [0.2, 0.25) is 0 Å². The Morgan fingerprint density at radius 1 is 1.30 bits per heavy atom. The van der Waals surface area contributed by atoms with Crippen LogP contribution in [0.4, 0.5) is 5.69 Å². The Morgan fingerprint density at radius 2 is 2.10 bits per heavy atom. The lowest BCUT2D eigenvalue weighted by Crippen LogP contribution is -2.13. The number of aromatic nitrogens is 1. The molecule has 2 rings (SSSR count). The number of carbonyl (C=O) groups excluding carboxylic acids is 1. The van der Waals surface area contributed by atoms with Crippen LogP contribution in [-0.2, 0) is 6.61 Å². The number of benzene rings is 1. The molecule has 0 fully saturated rings. The molecule has 0 aliphatic heterocycles. The molecule has 20 heavy (non-hydrogen) atoms. The molecule has 0 unspecified atom stereocenters. The molecule has 1 heterocycles. The van der Waals surface area contributed by atoms with Gasteiger partial charge in [-0.05, 0) is 18.2 Å². The maximum absolute atomic E-state index is 11.3. The van der Waals surface area contributed by atoms with Crippen molar-refractivity contribution in [2.45, 2.75) is 6.61 Å². The second kappa shape index (κ2) is 5.92. The van der Waals surface area contributed by atoms with E-state index in [2.05, 4.69) is 4.98 Å². The molecule has 0 saturated heterocycles. The summed E-state index contributed by atoms with van der Waals surface area (Å²) in [6.45, 7) is 0.181. The smallest absolute Gasteiger partial charge is 0.252 e. The quantitative estimate of drug-likeness (QED) is 0.801. The van der Waals surface area contributed by atoms with E-state index in [1.165, 1.54) is 13.2 Å². The van der Waals surface area contributed by atoms with Gasteiger partial charge in [-0.25, -0.2) is 4.98 Å². The molecular formula is C14H15N3O3. The average molecular weight is 273 g/mol. The Labute approximate surface area is 116 Å². The number of hydrogen-bond donors (Lipinski definition) is 2. The standard InChI is InChI=1S/C14H15N3O3/c1-19-13-4-2-3-10(17-13)8-20-12-7-9(15)5-6-11(12)14(16)18/h2-7H,8,15H2,1H3,(H2,16,18). The van der Waals surface area contributed by atoms with Crippen molar-refractivity contribution in [2.75, 3.05) is 12.8 Å². The first-order valence-electron chi connectivity index (χ1n) is 5.92. The topological polar surface area (TPSA) is 100 Å². The monoisotopic (exact) mass is 273 g/mol. The largest absolute Gasteiger partial charge is 0.486 e. The number of methoxy groups -OCH3 is 1. The van der Waals surface area contributed by atoms with Gasteiger partial charge in [-0.3, -0.25) is 4.79 Å². The number of ether oxygens (including phenoxy) is 2. The van der Waals surface area contributed by atoms with E-state index >= 15 is 0 Å². The molecule has 1 aromatic heterocycles. The number of nitrogens with zero attached hydrogens (tertiary/aromatic N) is 1. The van der Waals surface area contributed by atoms with Gasteiger partial charge in [0.25, 0.3) is 5.91 Å². The number of nitrogen functional groups attached to an aromatic ring is 1. The van der Waals surface area contributed by atoms with Crippen molar-refractivity contribution in [1.29, 1.82) is 0 Å². The summed E-state index contributed by atoms with van der Waals surface area (Å²) in [6, 6.07) is 10.0. The second-order valence-corrected chi connectivity index (χ2v) is 4.08. The molecule has 4 N–H and O–H groups in total. The van der Waals surface area contributed by atoms with Gasteiger partial charge < -0.3 is 20.9 Å². The lowest BCUT2D eigenvalue weighted by molar-refractivity contribution is 0.0996. The normalized spacial score (nSPS) is 10.1. The first-order chi connectivity index (χ1) is 9.60. The summed E-state index contributed by atoms with van der Waals surface area (Å²) in [6.07, 6.45) is 0. The Morgan fingerprint density at radius 3 is 2.80 bits per heavy atom.